The Bertz CT molecular complexity index is 51.3. The van der Waals surface area contributed by atoms with Crippen LogP contribution in [0, 0.1) is 0 Å². The van der Waals surface area contributed by atoms with Crippen LogP contribution in [0.3, 0.4) is 0 Å². The Kier molecular flexibility index (Phi) is 5.99. The lowest BCUT2D eigenvalue weighted by Gasteiger charge is -2.02. The zero-order valence-corrected chi connectivity index (χ0v) is 5.82. The van der Waals surface area contributed by atoms with Crippen molar-refractivity contribution >= 4 is 23.2 Å². The molecule has 0 radical (unpaired) electrons. The fourth-order valence-corrected chi connectivity index (χ4v) is 0.403. The summed E-state index contributed by atoms with van der Waals surface area (Å²) in [7, 11) is 0. The smallest absolute Gasteiger partial charge is 0.120 e. The summed E-state index contributed by atoms with van der Waals surface area (Å²) in [5.74, 6) is 0. The van der Waals surface area contributed by atoms with Crippen LogP contribution in [0.2, 0.25) is 0 Å². The molecule has 50 valence electrons. The predicted octanol–water partition coefficient (Wildman–Crippen LogP) is 0.799. The van der Waals surface area contributed by atoms with E-state index in [4.69, 9.17) is 28.3 Å². The zero-order valence-electron chi connectivity index (χ0n) is 4.31. The second-order valence-corrected chi connectivity index (χ2v) is 2.10. The predicted molar refractivity (Wildman–Crippen MR) is 33.4 cm³/mol. The number of ether oxygens (including phenoxy) is 1. The lowest BCUT2D eigenvalue weighted by molar-refractivity contribution is 0.155. The highest BCUT2D eigenvalue weighted by Gasteiger charge is 1.99. The van der Waals surface area contributed by atoms with E-state index in [1.807, 2.05) is 0 Å². The average Bonchev–Trinajstić information content (AvgIpc) is 1.83. The van der Waals surface area contributed by atoms with Gasteiger partial charge in [-0.2, -0.15) is 0 Å². The summed E-state index contributed by atoms with van der Waals surface area (Å²) in [5.41, 5.74) is 0. The van der Waals surface area contributed by atoms with E-state index in [1.54, 1.807) is 0 Å². The molecule has 0 aliphatic heterocycles. The van der Waals surface area contributed by atoms with E-state index in [0.717, 1.165) is 0 Å². The van der Waals surface area contributed by atoms with Crippen molar-refractivity contribution in [2.45, 2.75) is 5.38 Å². The van der Waals surface area contributed by atoms with Crippen LogP contribution in [0.25, 0.3) is 0 Å². The largest absolute Gasteiger partial charge is 0.395 e. The van der Waals surface area contributed by atoms with Crippen LogP contribution in [0.4, 0.5) is 0 Å². The van der Waals surface area contributed by atoms with Gasteiger partial charge in [0.05, 0.1) is 18.6 Å². The first-order valence-corrected chi connectivity index (χ1v) is 3.17. The summed E-state index contributed by atoms with van der Waals surface area (Å²) in [4.78, 5) is 0. The molecule has 0 amide bonds. The van der Waals surface area contributed by atoms with Gasteiger partial charge in [0.25, 0.3) is 0 Å². The third-order valence-electron chi connectivity index (χ3n) is 0.574. The second kappa shape index (κ2) is 5.63. The van der Waals surface area contributed by atoms with Crippen LogP contribution in [-0.2, 0) is 4.74 Å². The molecule has 1 unspecified atom stereocenters. The van der Waals surface area contributed by atoms with Crippen molar-refractivity contribution in [3.63, 3.8) is 0 Å². The highest BCUT2D eigenvalue weighted by Crippen LogP contribution is 1.94. The molecule has 0 rings (SSSR count). The minimum Gasteiger partial charge on any atom is -0.395 e. The molecule has 8 heavy (non-hydrogen) atoms. The number of rotatable bonds is 4. The van der Waals surface area contributed by atoms with Crippen LogP contribution >= 0.6 is 23.2 Å². The van der Waals surface area contributed by atoms with Gasteiger partial charge < -0.3 is 9.84 Å². The Balaban J connectivity index is 2.86. The fourth-order valence-electron chi connectivity index (χ4n) is 0.225. The van der Waals surface area contributed by atoms with Crippen molar-refractivity contribution in [1.29, 1.82) is 0 Å². The third-order valence-corrected chi connectivity index (χ3v) is 0.992. The number of alkyl halides is 2. The van der Waals surface area contributed by atoms with Gasteiger partial charge in [-0.15, -0.1) is 11.6 Å². The van der Waals surface area contributed by atoms with Crippen molar-refractivity contribution in [2.75, 3.05) is 19.3 Å². The number of hydrogen-bond donors (Lipinski definition) is 1. The van der Waals surface area contributed by atoms with Crippen molar-refractivity contribution in [1.82, 2.24) is 0 Å². The Morgan fingerprint density at radius 3 is 2.62 bits per heavy atom. The monoisotopic (exact) mass is 158 g/mol. The van der Waals surface area contributed by atoms with Crippen LogP contribution in [-0.4, -0.2) is 29.8 Å². The zero-order chi connectivity index (χ0) is 6.41. The summed E-state index contributed by atoms with van der Waals surface area (Å²) in [6, 6.07) is 0.128. The molecule has 0 bridgehead atoms. The molecule has 0 saturated carbocycles. The minimum absolute atomic E-state index is 0.0710. The number of hydrogen-bond acceptors (Lipinski definition) is 2. The molecule has 4 heteroatoms. The lowest BCUT2D eigenvalue weighted by Crippen LogP contribution is -2.12. The summed E-state index contributed by atoms with van der Waals surface area (Å²) >= 11 is 10.6. The molecule has 2 nitrogen and oxygen atoms in total. The molecule has 1 atom stereocenters. The maximum Gasteiger partial charge on any atom is 0.120 e. The quantitative estimate of drug-likeness (QED) is 0.614. The second-order valence-electron chi connectivity index (χ2n) is 1.26. The van der Waals surface area contributed by atoms with Crippen molar-refractivity contribution in [2.24, 2.45) is 0 Å². The van der Waals surface area contributed by atoms with Gasteiger partial charge in [0, 0.05) is 0 Å². The SMILES string of the molecule is OCC(Cl)COCCl. The van der Waals surface area contributed by atoms with E-state index in [2.05, 4.69) is 4.74 Å². The van der Waals surface area contributed by atoms with Crippen LogP contribution in [0.1, 0.15) is 0 Å². The van der Waals surface area contributed by atoms with Crippen LogP contribution in [0.5, 0.6) is 0 Å². The van der Waals surface area contributed by atoms with Gasteiger partial charge in [0.2, 0.25) is 0 Å². The van der Waals surface area contributed by atoms with Gasteiger partial charge in [-0.05, 0) is 0 Å². The van der Waals surface area contributed by atoms with Crippen molar-refractivity contribution < 1.29 is 9.84 Å². The van der Waals surface area contributed by atoms with Gasteiger partial charge in [0.1, 0.15) is 6.07 Å². The Morgan fingerprint density at radius 2 is 2.25 bits per heavy atom. The van der Waals surface area contributed by atoms with Gasteiger partial charge >= 0.3 is 0 Å². The Labute approximate surface area is 58.3 Å². The lowest BCUT2D eigenvalue weighted by atomic mass is 10.5. The molecule has 0 fully saturated rings. The molecule has 0 heterocycles. The first-order valence-electron chi connectivity index (χ1n) is 2.20. The highest BCUT2D eigenvalue weighted by molar-refractivity contribution is 6.21. The first kappa shape index (κ1) is 8.50. The molecule has 0 saturated heterocycles. The molecular weight excluding hydrogens is 151 g/mol. The number of halogens is 2. The number of aliphatic hydroxyl groups excluding tert-OH is 1. The molecular formula is C4H8Cl2O2. The number of aliphatic hydroxyl groups is 1. The van der Waals surface area contributed by atoms with E-state index < -0.39 is 0 Å². The Hall–Kier alpha value is 0.500. The molecule has 0 aliphatic rings. The standard InChI is InChI=1S/C4H8Cl2O2/c5-3-8-2-4(6)1-7/h4,7H,1-3H2. The van der Waals surface area contributed by atoms with E-state index >= 15 is 0 Å². The molecule has 0 spiro atoms. The van der Waals surface area contributed by atoms with Gasteiger partial charge in [-0.3, -0.25) is 0 Å². The maximum absolute atomic E-state index is 8.31. The minimum atomic E-state index is -0.325. The topological polar surface area (TPSA) is 29.5 Å². The highest BCUT2D eigenvalue weighted by atomic mass is 35.5. The van der Waals surface area contributed by atoms with E-state index in [1.165, 1.54) is 0 Å². The molecule has 0 aromatic carbocycles. The normalized spacial score (nSPS) is 13.9. The average molecular weight is 159 g/mol. The van der Waals surface area contributed by atoms with E-state index in [9.17, 15) is 0 Å². The van der Waals surface area contributed by atoms with Gasteiger partial charge in [-0.25, -0.2) is 0 Å². The van der Waals surface area contributed by atoms with Gasteiger partial charge in [-0.1, -0.05) is 11.6 Å². The summed E-state index contributed by atoms with van der Waals surface area (Å²) < 4.78 is 4.66. The fraction of sp³-hybridized carbons (Fsp3) is 1.00. The van der Waals surface area contributed by atoms with Crippen LogP contribution in [0.15, 0.2) is 0 Å². The molecule has 0 aromatic heterocycles. The van der Waals surface area contributed by atoms with E-state index in [-0.39, 0.29) is 18.1 Å². The summed E-state index contributed by atoms with van der Waals surface area (Å²) in [5, 5.41) is 7.98. The summed E-state index contributed by atoms with van der Waals surface area (Å²) in [6.07, 6.45) is 0. The Morgan fingerprint density at radius 1 is 1.62 bits per heavy atom. The first-order chi connectivity index (χ1) is 3.81. The molecule has 0 aromatic rings. The molecule has 0 aliphatic carbocycles. The third kappa shape index (κ3) is 4.65. The van der Waals surface area contributed by atoms with Crippen LogP contribution < -0.4 is 0 Å². The molecule has 1 N–H and O–H groups in total. The van der Waals surface area contributed by atoms with Crippen molar-refractivity contribution in [3.05, 3.63) is 0 Å². The van der Waals surface area contributed by atoms with Gasteiger partial charge in [0.15, 0.2) is 0 Å². The summed E-state index contributed by atoms with van der Waals surface area (Å²) in [6.45, 7) is 0.236. The van der Waals surface area contributed by atoms with Crippen molar-refractivity contribution in [3.8, 4) is 0 Å². The maximum atomic E-state index is 8.31. The van der Waals surface area contributed by atoms with E-state index in [0.29, 0.717) is 6.61 Å².